The van der Waals surface area contributed by atoms with Crippen molar-refractivity contribution in [2.45, 2.75) is 13.0 Å². The largest absolute Gasteiger partial charge is 0.467 e. The second kappa shape index (κ2) is 3.42. The minimum Gasteiger partial charge on any atom is -0.467 e. The fourth-order valence-electron chi connectivity index (χ4n) is 1.13. The van der Waals surface area contributed by atoms with Gasteiger partial charge >= 0.3 is 12.1 Å². The zero-order chi connectivity index (χ0) is 9.14. The number of likely N-dealkylation sites (N-methyl/N-ethyl adjacent to an activating group) is 1. The van der Waals surface area contributed by atoms with E-state index in [2.05, 4.69) is 9.47 Å². The van der Waals surface area contributed by atoms with Gasteiger partial charge in [-0.3, -0.25) is 4.90 Å². The first-order valence-electron chi connectivity index (χ1n) is 3.72. The predicted octanol–water partition coefficient (Wildman–Crippen LogP) is 0.0001000. The molecule has 0 radical (unpaired) electrons. The third-order valence-electron chi connectivity index (χ3n) is 1.79. The molecule has 0 bridgehead atoms. The van der Waals surface area contributed by atoms with Gasteiger partial charge in [-0.15, -0.1) is 0 Å². The van der Waals surface area contributed by atoms with Gasteiger partial charge in [0, 0.05) is 6.54 Å². The summed E-state index contributed by atoms with van der Waals surface area (Å²) in [5.41, 5.74) is 0. The standard InChI is InChI=1S/C7H11NO4/c1-3-8-5(6(9)11-2)4-12-7(8)10/h5H,3-4H2,1-2H3/t5-/m0/s1. The Morgan fingerprint density at radius 3 is 3.00 bits per heavy atom. The van der Waals surface area contributed by atoms with Crippen molar-refractivity contribution in [3.05, 3.63) is 0 Å². The number of carbonyl (C=O) groups is 2. The Labute approximate surface area is 70.2 Å². The highest BCUT2D eigenvalue weighted by Gasteiger charge is 2.37. The monoisotopic (exact) mass is 173 g/mol. The normalized spacial score (nSPS) is 22.3. The molecule has 1 amide bonds. The van der Waals surface area contributed by atoms with Gasteiger partial charge in [-0.1, -0.05) is 0 Å². The molecule has 0 unspecified atom stereocenters. The molecule has 0 aromatic heterocycles. The van der Waals surface area contributed by atoms with Gasteiger partial charge in [-0.2, -0.15) is 0 Å². The molecule has 0 aromatic carbocycles. The topological polar surface area (TPSA) is 55.8 Å². The lowest BCUT2D eigenvalue weighted by Crippen LogP contribution is -2.39. The van der Waals surface area contributed by atoms with Crippen LogP contribution in [0.2, 0.25) is 0 Å². The predicted molar refractivity (Wildman–Crippen MR) is 39.5 cm³/mol. The van der Waals surface area contributed by atoms with E-state index in [-0.39, 0.29) is 6.61 Å². The zero-order valence-electron chi connectivity index (χ0n) is 7.07. The average Bonchev–Trinajstić information content (AvgIpc) is 2.45. The summed E-state index contributed by atoms with van der Waals surface area (Å²) in [6.45, 7) is 2.33. The van der Waals surface area contributed by atoms with Gasteiger partial charge in [0.1, 0.15) is 6.61 Å². The van der Waals surface area contributed by atoms with Gasteiger partial charge in [-0.05, 0) is 6.92 Å². The molecule has 0 spiro atoms. The number of hydrogen-bond acceptors (Lipinski definition) is 4. The van der Waals surface area contributed by atoms with Gasteiger partial charge in [-0.25, -0.2) is 9.59 Å². The van der Waals surface area contributed by atoms with Gasteiger partial charge in [0.05, 0.1) is 7.11 Å². The molecule has 5 heteroatoms. The van der Waals surface area contributed by atoms with E-state index in [1.807, 2.05) is 0 Å². The van der Waals surface area contributed by atoms with Crippen LogP contribution in [0.1, 0.15) is 6.92 Å². The molecule has 1 rings (SSSR count). The van der Waals surface area contributed by atoms with Crippen molar-refractivity contribution < 1.29 is 19.1 Å². The highest BCUT2D eigenvalue weighted by atomic mass is 16.6. The van der Waals surface area contributed by atoms with E-state index in [0.29, 0.717) is 6.54 Å². The molecular weight excluding hydrogens is 162 g/mol. The number of esters is 1. The van der Waals surface area contributed by atoms with E-state index < -0.39 is 18.1 Å². The highest BCUT2D eigenvalue weighted by molar-refractivity contribution is 5.84. The third kappa shape index (κ3) is 1.34. The van der Waals surface area contributed by atoms with Crippen molar-refractivity contribution in [3.63, 3.8) is 0 Å². The second-order valence-corrected chi connectivity index (χ2v) is 2.40. The fourth-order valence-corrected chi connectivity index (χ4v) is 1.13. The number of hydrogen-bond donors (Lipinski definition) is 0. The summed E-state index contributed by atoms with van der Waals surface area (Å²) in [6, 6.07) is -0.563. The molecule has 0 aliphatic carbocycles. The maximum absolute atomic E-state index is 11.0. The summed E-state index contributed by atoms with van der Waals surface area (Å²) in [7, 11) is 1.29. The number of cyclic esters (lactones) is 1. The Morgan fingerprint density at radius 1 is 1.83 bits per heavy atom. The summed E-state index contributed by atoms with van der Waals surface area (Å²) in [5, 5.41) is 0. The van der Waals surface area contributed by atoms with E-state index in [9.17, 15) is 9.59 Å². The van der Waals surface area contributed by atoms with Crippen LogP contribution in [0.4, 0.5) is 4.79 Å². The number of ether oxygens (including phenoxy) is 2. The molecular formula is C7H11NO4. The summed E-state index contributed by atoms with van der Waals surface area (Å²) in [6.07, 6.45) is -0.451. The number of nitrogens with zero attached hydrogens (tertiary/aromatic N) is 1. The van der Waals surface area contributed by atoms with E-state index in [1.165, 1.54) is 12.0 Å². The molecule has 68 valence electrons. The van der Waals surface area contributed by atoms with Crippen LogP contribution in [0.3, 0.4) is 0 Å². The van der Waals surface area contributed by atoms with Crippen molar-refractivity contribution in [1.82, 2.24) is 4.90 Å². The molecule has 1 heterocycles. The van der Waals surface area contributed by atoms with Crippen LogP contribution >= 0.6 is 0 Å². The lowest BCUT2D eigenvalue weighted by Gasteiger charge is -2.16. The molecule has 5 nitrogen and oxygen atoms in total. The van der Waals surface area contributed by atoms with Crippen LogP contribution in [0.15, 0.2) is 0 Å². The molecule has 1 fully saturated rings. The third-order valence-corrected chi connectivity index (χ3v) is 1.79. The maximum Gasteiger partial charge on any atom is 0.410 e. The summed E-state index contributed by atoms with van der Waals surface area (Å²) in [5.74, 6) is -0.428. The smallest absolute Gasteiger partial charge is 0.410 e. The van der Waals surface area contributed by atoms with Crippen molar-refractivity contribution >= 4 is 12.1 Å². The minimum absolute atomic E-state index is 0.0966. The summed E-state index contributed by atoms with van der Waals surface area (Å²) < 4.78 is 9.18. The van der Waals surface area contributed by atoms with Crippen molar-refractivity contribution in [2.75, 3.05) is 20.3 Å². The Morgan fingerprint density at radius 2 is 2.50 bits per heavy atom. The van der Waals surface area contributed by atoms with E-state index in [0.717, 1.165) is 0 Å². The summed E-state index contributed by atoms with van der Waals surface area (Å²) in [4.78, 5) is 23.3. The molecule has 0 aromatic rings. The van der Waals surface area contributed by atoms with Gasteiger partial charge in [0.2, 0.25) is 0 Å². The lowest BCUT2D eigenvalue weighted by molar-refractivity contribution is -0.145. The van der Waals surface area contributed by atoms with Crippen LogP contribution in [0, 0.1) is 0 Å². The van der Waals surface area contributed by atoms with Crippen LogP contribution in [0.25, 0.3) is 0 Å². The van der Waals surface area contributed by atoms with Gasteiger partial charge < -0.3 is 9.47 Å². The average molecular weight is 173 g/mol. The lowest BCUT2D eigenvalue weighted by atomic mass is 10.3. The van der Waals surface area contributed by atoms with E-state index in [1.54, 1.807) is 6.92 Å². The minimum atomic E-state index is -0.563. The fraction of sp³-hybridized carbons (Fsp3) is 0.714. The Balaban J connectivity index is 2.66. The molecule has 1 aliphatic heterocycles. The molecule has 12 heavy (non-hydrogen) atoms. The maximum atomic E-state index is 11.0. The quantitative estimate of drug-likeness (QED) is 0.551. The van der Waals surface area contributed by atoms with Crippen LogP contribution in [0.5, 0.6) is 0 Å². The van der Waals surface area contributed by atoms with E-state index in [4.69, 9.17) is 0 Å². The SMILES string of the molecule is CCN1C(=O)OC[C@H]1C(=O)OC. The molecule has 0 saturated carbocycles. The second-order valence-electron chi connectivity index (χ2n) is 2.40. The molecule has 1 saturated heterocycles. The van der Waals surface area contributed by atoms with Crippen molar-refractivity contribution in [1.29, 1.82) is 0 Å². The summed E-state index contributed by atoms with van der Waals surface area (Å²) >= 11 is 0. The Kier molecular flexibility index (Phi) is 2.52. The van der Waals surface area contributed by atoms with Gasteiger partial charge in [0.15, 0.2) is 6.04 Å². The van der Waals surface area contributed by atoms with Crippen LogP contribution in [-0.2, 0) is 14.3 Å². The Bertz CT molecular complexity index is 204. The molecule has 0 N–H and O–H groups in total. The number of carbonyl (C=O) groups excluding carboxylic acids is 2. The number of rotatable bonds is 2. The zero-order valence-corrected chi connectivity index (χ0v) is 7.07. The Hall–Kier alpha value is -1.26. The first kappa shape index (κ1) is 8.83. The van der Waals surface area contributed by atoms with E-state index >= 15 is 0 Å². The first-order valence-corrected chi connectivity index (χ1v) is 3.72. The van der Waals surface area contributed by atoms with Crippen LogP contribution in [-0.4, -0.2) is 43.3 Å². The highest BCUT2D eigenvalue weighted by Crippen LogP contribution is 2.12. The first-order chi connectivity index (χ1) is 5.70. The number of amides is 1. The number of methoxy groups -OCH3 is 1. The van der Waals surface area contributed by atoms with Crippen molar-refractivity contribution in [2.24, 2.45) is 0 Å². The van der Waals surface area contributed by atoms with Gasteiger partial charge in [0.25, 0.3) is 0 Å². The molecule has 1 aliphatic rings. The molecule has 1 atom stereocenters. The van der Waals surface area contributed by atoms with Crippen molar-refractivity contribution in [3.8, 4) is 0 Å². The van der Waals surface area contributed by atoms with Crippen LogP contribution < -0.4 is 0 Å².